The zero-order valence-corrected chi connectivity index (χ0v) is 12.4. The number of rotatable bonds is 4. The smallest absolute Gasteiger partial charge is 0.129 e. The minimum absolute atomic E-state index is 0.0863. The van der Waals surface area contributed by atoms with Crippen LogP contribution in [0, 0.1) is 5.92 Å². The third kappa shape index (κ3) is 3.07. The summed E-state index contributed by atoms with van der Waals surface area (Å²) in [5.41, 5.74) is 2.02. The van der Waals surface area contributed by atoms with Gasteiger partial charge in [0.1, 0.15) is 5.82 Å². The first kappa shape index (κ1) is 14.3. The zero-order chi connectivity index (χ0) is 14.0. The van der Waals surface area contributed by atoms with Crippen molar-refractivity contribution in [1.82, 2.24) is 9.88 Å². The van der Waals surface area contributed by atoms with Crippen molar-refractivity contribution >= 4 is 5.82 Å². The Balaban J connectivity index is 2.23. The van der Waals surface area contributed by atoms with Gasteiger partial charge in [-0.3, -0.25) is 0 Å². The molecule has 4 heteroatoms. The molecule has 0 bridgehead atoms. The highest BCUT2D eigenvalue weighted by atomic mass is 16.3. The Bertz CT molecular complexity index is 411. The van der Waals surface area contributed by atoms with Crippen LogP contribution >= 0.6 is 0 Å². The number of aromatic nitrogens is 1. The number of anilines is 1. The lowest BCUT2D eigenvalue weighted by molar-refractivity contribution is 0.266. The van der Waals surface area contributed by atoms with Crippen LogP contribution in [0.25, 0.3) is 0 Å². The van der Waals surface area contributed by atoms with Crippen molar-refractivity contribution in [2.45, 2.75) is 32.9 Å². The van der Waals surface area contributed by atoms with E-state index in [0.29, 0.717) is 12.0 Å². The maximum Gasteiger partial charge on any atom is 0.129 e. The van der Waals surface area contributed by atoms with Crippen LogP contribution in [0.15, 0.2) is 12.1 Å². The summed E-state index contributed by atoms with van der Waals surface area (Å²) in [5.74, 6) is 1.65. The molecule has 1 fully saturated rings. The fourth-order valence-corrected chi connectivity index (χ4v) is 2.88. The Morgan fingerprint density at radius 3 is 2.63 bits per heavy atom. The van der Waals surface area contributed by atoms with Crippen LogP contribution in [-0.4, -0.2) is 48.2 Å². The number of pyridine rings is 1. The fourth-order valence-electron chi connectivity index (χ4n) is 2.88. The summed E-state index contributed by atoms with van der Waals surface area (Å²) in [6.07, 6.45) is 0.904. The lowest BCUT2D eigenvalue weighted by Gasteiger charge is -2.23. The molecule has 0 radical (unpaired) electrons. The molecule has 1 aromatic heterocycles. The van der Waals surface area contributed by atoms with Gasteiger partial charge in [-0.2, -0.15) is 0 Å². The first-order valence-electron chi connectivity index (χ1n) is 7.07. The summed E-state index contributed by atoms with van der Waals surface area (Å²) in [6, 6.07) is 4.58. The van der Waals surface area contributed by atoms with Crippen molar-refractivity contribution in [2.24, 2.45) is 5.92 Å². The quantitative estimate of drug-likeness (QED) is 0.894. The van der Waals surface area contributed by atoms with Crippen LogP contribution in [0.2, 0.25) is 0 Å². The molecule has 2 heterocycles. The van der Waals surface area contributed by atoms with E-state index in [4.69, 9.17) is 4.98 Å². The van der Waals surface area contributed by atoms with E-state index in [1.54, 1.807) is 0 Å². The summed E-state index contributed by atoms with van der Waals surface area (Å²) in [4.78, 5) is 9.34. The molecular weight excluding hydrogens is 238 g/mol. The van der Waals surface area contributed by atoms with Crippen LogP contribution in [0.4, 0.5) is 5.82 Å². The number of hydrogen-bond donors (Lipinski definition) is 1. The maximum absolute atomic E-state index is 9.36. The molecule has 2 unspecified atom stereocenters. The summed E-state index contributed by atoms with van der Waals surface area (Å²) in [7, 11) is 4.28. The topological polar surface area (TPSA) is 39.6 Å². The number of hydrogen-bond acceptors (Lipinski definition) is 4. The molecule has 19 heavy (non-hydrogen) atoms. The van der Waals surface area contributed by atoms with Gasteiger partial charge in [0.2, 0.25) is 0 Å². The van der Waals surface area contributed by atoms with Crippen LogP contribution in [0.3, 0.4) is 0 Å². The first-order valence-corrected chi connectivity index (χ1v) is 7.07. The Hall–Kier alpha value is -1.13. The maximum atomic E-state index is 9.36. The fraction of sp³-hybridized carbons (Fsp3) is 0.667. The molecular formula is C15H25N3O. The summed E-state index contributed by atoms with van der Waals surface area (Å²) in [6.45, 7) is 6.53. The van der Waals surface area contributed by atoms with Gasteiger partial charge in [0.25, 0.3) is 0 Å². The van der Waals surface area contributed by atoms with Gasteiger partial charge in [-0.15, -0.1) is 0 Å². The first-order chi connectivity index (χ1) is 9.05. The van der Waals surface area contributed by atoms with E-state index in [0.717, 1.165) is 36.6 Å². The van der Waals surface area contributed by atoms with Crippen LogP contribution in [-0.2, 0) is 13.0 Å². The van der Waals surface area contributed by atoms with Crippen LogP contribution in [0.1, 0.15) is 25.1 Å². The van der Waals surface area contributed by atoms with Gasteiger partial charge in [-0.25, -0.2) is 4.98 Å². The van der Waals surface area contributed by atoms with Gasteiger partial charge in [0.15, 0.2) is 0 Å². The molecule has 106 valence electrons. The van der Waals surface area contributed by atoms with Crippen molar-refractivity contribution in [2.75, 3.05) is 32.1 Å². The molecule has 0 saturated carbocycles. The minimum Gasteiger partial charge on any atom is -0.392 e. The molecule has 2 rings (SSSR count). The van der Waals surface area contributed by atoms with Crippen molar-refractivity contribution in [3.8, 4) is 0 Å². The second-order valence-corrected chi connectivity index (χ2v) is 5.75. The Morgan fingerprint density at radius 2 is 2.11 bits per heavy atom. The van der Waals surface area contributed by atoms with Crippen molar-refractivity contribution in [3.63, 3.8) is 0 Å². The average molecular weight is 263 g/mol. The predicted molar refractivity (Wildman–Crippen MR) is 78.4 cm³/mol. The molecule has 1 aliphatic heterocycles. The SMILES string of the molecule is CCc1cc(CO)cc(N2CC(C)C(N(C)C)C2)n1. The van der Waals surface area contributed by atoms with E-state index in [9.17, 15) is 5.11 Å². The molecule has 2 atom stereocenters. The van der Waals surface area contributed by atoms with Crippen LogP contribution < -0.4 is 4.90 Å². The summed E-state index contributed by atoms with van der Waals surface area (Å²) in [5, 5.41) is 9.36. The van der Waals surface area contributed by atoms with Crippen molar-refractivity contribution in [3.05, 3.63) is 23.4 Å². The van der Waals surface area contributed by atoms with Crippen molar-refractivity contribution < 1.29 is 5.11 Å². The van der Waals surface area contributed by atoms with Gasteiger partial charge in [-0.05, 0) is 44.1 Å². The second kappa shape index (κ2) is 5.88. The van der Waals surface area contributed by atoms with Crippen LogP contribution in [0.5, 0.6) is 0 Å². The Morgan fingerprint density at radius 1 is 1.37 bits per heavy atom. The molecule has 1 aliphatic rings. The van der Waals surface area contributed by atoms with E-state index in [-0.39, 0.29) is 6.61 Å². The molecule has 1 saturated heterocycles. The number of aliphatic hydroxyl groups excluding tert-OH is 1. The van der Waals surface area contributed by atoms with Crippen molar-refractivity contribution in [1.29, 1.82) is 0 Å². The van der Waals surface area contributed by atoms with E-state index in [1.165, 1.54) is 0 Å². The normalized spacial score (nSPS) is 23.4. The molecule has 1 N–H and O–H groups in total. The highest BCUT2D eigenvalue weighted by Crippen LogP contribution is 2.26. The second-order valence-electron chi connectivity index (χ2n) is 5.75. The highest BCUT2D eigenvalue weighted by molar-refractivity contribution is 5.44. The molecule has 1 aromatic rings. The summed E-state index contributed by atoms with van der Waals surface area (Å²) < 4.78 is 0. The van der Waals surface area contributed by atoms with Gasteiger partial charge >= 0.3 is 0 Å². The number of likely N-dealkylation sites (N-methyl/N-ethyl adjacent to an activating group) is 1. The number of nitrogens with zero attached hydrogens (tertiary/aromatic N) is 3. The standard InChI is InChI=1S/C15H25N3O/c1-5-13-6-12(10-19)7-15(16-13)18-8-11(2)14(9-18)17(3)4/h6-7,11,14,19H,5,8-10H2,1-4H3. The average Bonchev–Trinajstić information content (AvgIpc) is 2.80. The third-order valence-electron chi connectivity index (χ3n) is 4.03. The number of aliphatic hydroxyl groups is 1. The van der Waals surface area contributed by atoms with Gasteiger partial charge in [0.05, 0.1) is 6.61 Å². The number of aryl methyl sites for hydroxylation is 1. The third-order valence-corrected chi connectivity index (χ3v) is 4.03. The molecule has 0 spiro atoms. The van der Waals surface area contributed by atoms with Gasteiger partial charge < -0.3 is 14.9 Å². The monoisotopic (exact) mass is 263 g/mol. The minimum atomic E-state index is 0.0863. The molecule has 0 aromatic carbocycles. The van der Waals surface area contributed by atoms with E-state index >= 15 is 0 Å². The van der Waals surface area contributed by atoms with E-state index in [2.05, 4.69) is 37.7 Å². The Kier molecular flexibility index (Phi) is 4.42. The van der Waals surface area contributed by atoms with E-state index < -0.39 is 0 Å². The largest absolute Gasteiger partial charge is 0.392 e. The lowest BCUT2D eigenvalue weighted by Crippen LogP contribution is -2.34. The predicted octanol–water partition coefficient (Wildman–Crippen LogP) is 1.52. The molecule has 0 aliphatic carbocycles. The molecule has 4 nitrogen and oxygen atoms in total. The van der Waals surface area contributed by atoms with Gasteiger partial charge in [-0.1, -0.05) is 13.8 Å². The highest BCUT2D eigenvalue weighted by Gasteiger charge is 2.31. The summed E-state index contributed by atoms with van der Waals surface area (Å²) >= 11 is 0. The Labute approximate surface area is 116 Å². The molecule has 0 amide bonds. The van der Waals surface area contributed by atoms with E-state index in [1.807, 2.05) is 12.1 Å². The lowest BCUT2D eigenvalue weighted by atomic mass is 10.1. The zero-order valence-electron chi connectivity index (χ0n) is 12.4. The van der Waals surface area contributed by atoms with Gasteiger partial charge in [0, 0.05) is 24.8 Å².